The number of rotatable bonds is 0. The fraction of sp³-hybridized carbons (Fsp3) is 0.125. The number of alkyl halides is 1. The van der Waals surface area contributed by atoms with Crippen molar-refractivity contribution in [2.75, 3.05) is 0 Å². The molecule has 0 fully saturated rings. The van der Waals surface area contributed by atoms with E-state index >= 15 is 0 Å². The van der Waals surface area contributed by atoms with Gasteiger partial charge < -0.3 is 0 Å². The van der Waals surface area contributed by atoms with Gasteiger partial charge >= 0.3 is 0 Å². The molecule has 2 heterocycles. The molecule has 0 aliphatic carbocycles. The van der Waals surface area contributed by atoms with Crippen LogP contribution in [0.3, 0.4) is 0 Å². The van der Waals surface area contributed by atoms with E-state index in [1.165, 1.54) is 0 Å². The SMILES string of the molecule is O=C1N=c2cccnc2=CC1Br. The van der Waals surface area contributed by atoms with Gasteiger partial charge in [-0.2, -0.15) is 0 Å². The van der Waals surface area contributed by atoms with Gasteiger partial charge in [-0.15, -0.1) is 0 Å². The molecule has 1 unspecified atom stereocenters. The summed E-state index contributed by atoms with van der Waals surface area (Å²) >= 11 is 3.18. The van der Waals surface area contributed by atoms with Gasteiger partial charge in [-0.05, 0) is 18.2 Å². The Balaban J connectivity index is 2.79. The predicted octanol–water partition coefficient (Wildman–Crippen LogP) is -0.215. The zero-order chi connectivity index (χ0) is 8.55. The van der Waals surface area contributed by atoms with E-state index in [9.17, 15) is 4.79 Å². The molecule has 1 atom stereocenters. The lowest BCUT2D eigenvalue weighted by molar-refractivity contribution is -0.116. The van der Waals surface area contributed by atoms with Gasteiger partial charge in [0.1, 0.15) is 4.83 Å². The van der Waals surface area contributed by atoms with E-state index in [2.05, 4.69) is 25.9 Å². The monoisotopic (exact) mass is 224 g/mol. The summed E-state index contributed by atoms with van der Waals surface area (Å²) in [6, 6.07) is 3.54. The number of pyridine rings is 1. The molecule has 1 aliphatic heterocycles. The highest BCUT2D eigenvalue weighted by molar-refractivity contribution is 9.10. The first kappa shape index (κ1) is 7.61. The largest absolute Gasteiger partial charge is 0.271 e. The summed E-state index contributed by atoms with van der Waals surface area (Å²) in [5.74, 6) is -0.171. The molecule has 0 spiro atoms. The number of aromatic nitrogens is 1. The molecule has 60 valence electrons. The van der Waals surface area contributed by atoms with Crippen LogP contribution in [0, 0.1) is 0 Å². The average Bonchev–Trinajstić information content (AvgIpc) is 2.07. The first-order valence-electron chi connectivity index (χ1n) is 3.47. The molecule has 12 heavy (non-hydrogen) atoms. The summed E-state index contributed by atoms with van der Waals surface area (Å²) in [7, 11) is 0. The Morgan fingerprint density at radius 2 is 2.33 bits per heavy atom. The standard InChI is InChI=1S/C8H5BrN2O/c9-5-4-7-6(11-8(5)12)2-1-3-10-7/h1-5H. The van der Waals surface area contributed by atoms with Gasteiger partial charge in [-0.3, -0.25) is 9.78 Å². The third-order valence-electron chi connectivity index (χ3n) is 1.59. The van der Waals surface area contributed by atoms with Crippen LogP contribution in [0.5, 0.6) is 0 Å². The summed E-state index contributed by atoms with van der Waals surface area (Å²) in [5, 5.41) is 1.41. The van der Waals surface area contributed by atoms with E-state index in [0.29, 0.717) is 5.36 Å². The number of fused-ring (bicyclic) bond motifs is 1. The Morgan fingerprint density at radius 1 is 1.50 bits per heavy atom. The summed E-state index contributed by atoms with van der Waals surface area (Å²) in [4.78, 5) is 18.7. The van der Waals surface area contributed by atoms with Crippen LogP contribution in [-0.2, 0) is 4.79 Å². The maximum Gasteiger partial charge on any atom is 0.264 e. The molecule has 1 aliphatic rings. The van der Waals surface area contributed by atoms with Crippen molar-refractivity contribution >= 4 is 27.9 Å². The van der Waals surface area contributed by atoms with E-state index in [1.807, 2.05) is 0 Å². The van der Waals surface area contributed by atoms with E-state index in [4.69, 9.17) is 0 Å². The van der Waals surface area contributed by atoms with Crippen molar-refractivity contribution in [1.82, 2.24) is 4.98 Å². The summed E-state index contributed by atoms with van der Waals surface area (Å²) in [5.41, 5.74) is 0. The normalized spacial score (nSPS) is 20.8. The highest BCUT2D eigenvalue weighted by atomic mass is 79.9. The van der Waals surface area contributed by atoms with Crippen LogP contribution in [0.1, 0.15) is 0 Å². The van der Waals surface area contributed by atoms with Gasteiger partial charge in [-0.1, -0.05) is 15.9 Å². The van der Waals surface area contributed by atoms with Crippen LogP contribution in [0.25, 0.3) is 6.08 Å². The number of amides is 1. The third-order valence-corrected chi connectivity index (χ3v) is 2.24. The minimum atomic E-state index is -0.320. The molecular formula is C8H5BrN2O. The van der Waals surface area contributed by atoms with Crippen LogP contribution < -0.4 is 10.7 Å². The van der Waals surface area contributed by atoms with E-state index in [-0.39, 0.29) is 10.7 Å². The number of carbonyl (C=O) groups excluding carboxylic acids is 1. The van der Waals surface area contributed by atoms with Crippen molar-refractivity contribution in [2.24, 2.45) is 4.99 Å². The van der Waals surface area contributed by atoms with Crippen LogP contribution in [0.4, 0.5) is 0 Å². The second-order valence-electron chi connectivity index (χ2n) is 2.43. The zero-order valence-electron chi connectivity index (χ0n) is 6.07. The molecule has 4 heteroatoms. The van der Waals surface area contributed by atoms with Gasteiger partial charge in [0, 0.05) is 6.20 Å². The molecular weight excluding hydrogens is 220 g/mol. The maximum atomic E-state index is 11.1. The van der Waals surface area contributed by atoms with Gasteiger partial charge in [0.05, 0.1) is 10.7 Å². The molecule has 0 saturated heterocycles. The maximum absolute atomic E-state index is 11.1. The van der Waals surface area contributed by atoms with Crippen molar-refractivity contribution in [3.8, 4) is 0 Å². The second kappa shape index (κ2) is 2.79. The number of hydrogen-bond acceptors (Lipinski definition) is 2. The van der Waals surface area contributed by atoms with Crippen molar-refractivity contribution in [3.63, 3.8) is 0 Å². The molecule has 0 aromatic carbocycles. The van der Waals surface area contributed by atoms with Crippen LogP contribution in [0.15, 0.2) is 23.3 Å². The molecule has 2 rings (SSSR count). The summed E-state index contributed by atoms with van der Waals surface area (Å²) in [6.45, 7) is 0. The molecule has 1 amide bonds. The molecule has 1 aromatic rings. The van der Waals surface area contributed by atoms with Gasteiger partial charge in [0.2, 0.25) is 0 Å². The first-order chi connectivity index (χ1) is 5.77. The summed E-state index contributed by atoms with van der Waals surface area (Å²) < 4.78 is 0. The highest BCUT2D eigenvalue weighted by Crippen LogP contribution is 2.03. The minimum absolute atomic E-state index is 0.171. The van der Waals surface area contributed by atoms with Gasteiger partial charge in [0.15, 0.2) is 0 Å². The van der Waals surface area contributed by atoms with Crippen molar-refractivity contribution in [3.05, 3.63) is 29.0 Å². The third kappa shape index (κ3) is 1.18. The summed E-state index contributed by atoms with van der Waals surface area (Å²) in [6.07, 6.45) is 3.44. The Labute approximate surface area is 77.0 Å². The highest BCUT2D eigenvalue weighted by Gasteiger charge is 2.13. The van der Waals surface area contributed by atoms with Gasteiger partial charge in [0.25, 0.3) is 5.91 Å². The molecule has 0 radical (unpaired) electrons. The van der Waals surface area contributed by atoms with Crippen molar-refractivity contribution in [1.29, 1.82) is 0 Å². The van der Waals surface area contributed by atoms with Crippen molar-refractivity contribution in [2.45, 2.75) is 4.83 Å². The molecule has 1 aromatic heterocycles. The van der Waals surface area contributed by atoms with E-state index < -0.39 is 0 Å². The second-order valence-corrected chi connectivity index (χ2v) is 3.41. The number of nitrogens with zero attached hydrogens (tertiary/aromatic N) is 2. The fourth-order valence-corrected chi connectivity index (χ4v) is 1.38. The van der Waals surface area contributed by atoms with E-state index in [0.717, 1.165) is 5.35 Å². The Hall–Kier alpha value is -1.03. The molecule has 0 saturated carbocycles. The number of hydrogen-bond donors (Lipinski definition) is 0. The predicted molar refractivity (Wildman–Crippen MR) is 47.2 cm³/mol. The Kier molecular flexibility index (Phi) is 1.77. The van der Waals surface area contributed by atoms with Crippen LogP contribution >= 0.6 is 15.9 Å². The van der Waals surface area contributed by atoms with Crippen LogP contribution in [-0.4, -0.2) is 15.7 Å². The lowest BCUT2D eigenvalue weighted by Gasteiger charge is -2.02. The lowest BCUT2D eigenvalue weighted by atomic mass is 10.3. The van der Waals surface area contributed by atoms with E-state index in [1.54, 1.807) is 24.4 Å². The Morgan fingerprint density at radius 3 is 3.17 bits per heavy atom. The molecule has 0 bridgehead atoms. The minimum Gasteiger partial charge on any atom is -0.271 e. The number of halogens is 1. The smallest absolute Gasteiger partial charge is 0.264 e. The topological polar surface area (TPSA) is 42.3 Å². The zero-order valence-corrected chi connectivity index (χ0v) is 7.65. The van der Waals surface area contributed by atoms with Crippen LogP contribution in [0.2, 0.25) is 0 Å². The first-order valence-corrected chi connectivity index (χ1v) is 4.38. The Bertz CT molecular complexity index is 441. The number of carbonyl (C=O) groups is 1. The lowest BCUT2D eigenvalue weighted by Crippen LogP contribution is -2.35. The van der Waals surface area contributed by atoms with Gasteiger partial charge in [-0.25, -0.2) is 4.99 Å². The quantitative estimate of drug-likeness (QED) is 0.573. The van der Waals surface area contributed by atoms with Crippen molar-refractivity contribution < 1.29 is 4.79 Å². The average molecular weight is 225 g/mol. The molecule has 0 N–H and O–H groups in total. The fourth-order valence-electron chi connectivity index (χ4n) is 1.02. The molecule has 3 nitrogen and oxygen atoms in total.